The zero-order valence-corrected chi connectivity index (χ0v) is 10.1. The molecule has 0 saturated carbocycles. The van der Waals surface area contributed by atoms with Crippen molar-refractivity contribution in [2.24, 2.45) is 5.92 Å². The van der Waals surface area contributed by atoms with E-state index in [-0.39, 0.29) is 24.7 Å². The predicted octanol–water partition coefficient (Wildman–Crippen LogP) is 0.702. The molecule has 0 aromatic heterocycles. The summed E-state index contributed by atoms with van der Waals surface area (Å²) in [7, 11) is 1.63. The Morgan fingerprint density at radius 2 is 1.94 bits per heavy atom. The largest absolute Gasteiger partial charge is 0.315 e. The first-order valence-electron chi connectivity index (χ1n) is 5.76. The molecule has 5 heteroatoms. The fourth-order valence-electron chi connectivity index (χ4n) is 1.94. The molecule has 1 aliphatic rings. The summed E-state index contributed by atoms with van der Waals surface area (Å²) < 4.78 is 0. The van der Waals surface area contributed by atoms with Gasteiger partial charge in [0.05, 0.1) is 0 Å². The van der Waals surface area contributed by atoms with E-state index < -0.39 is 11.8 Å². The lowest BCUT2D eigenvalue weighted by molar-refractivity contribution is -0.140. The minimum absolute atomic E-state index is 0.213. The number of carbonyl (C=O) groups excluding carboxylic acids is 3. The van der Waals surface area contributed by atoms with Crippen LogP contribution in [0.5, 0.6) is 0 Å². The Balaban J connectivity index is 2.12. The molecule has 0 aliphatic carbocycles. The van der Waals surface area contributed by atoms with Gasteiger partial charge in [-0.3, -0.25) is 19.7 Å². The van der Waals surface area contributed by atoms with E-state index in [9.17, 15) is 14.4 Å². The molecule has 1 atom stereocenters. The fourth-order valence-corrected chi connectivity index (χ4v) is 1.94. The Kier molecular flexibility index (Phi) is 3.41. The highest BCUT2D eigenvalue weighted by atomic mass is 16.2. The van der Waals surface area contributed by atoms with Crippen molar-refractivity contribution >= 4 is 23.4 Å². The van der Waals surface area contributed by atoms with Crippen LogP contribution in [0.2, 0.25) is 0 Å². The highest BCUT2D eigenvalue weighted by molar-refractivity contribution is 6.12. The highest BCUT2D eigenvalue weighted by Crippen LogP contribution is 2.19. The molecular formula is C13H14N2O3. The van der Waals surface area contributed by atoms with Crippen molar-refractivity contribution in [2.45, 2.75) is 12.8 Å². The molecule has 5 nitrogen and oxygen atoms in total. The minimum atomic E-state index is -0.770. The second kappa shape index (κ2) is 5.00. The van der Waals surface area contributed by atoms with Gasteiger partial charge >= 0.3 is 0 Å². The number of rotatable bonds is 2. The number of hydrogen-bond acceptors (Lipinski definition) is 3. The second-order valence-corrected chi connectivity index (χ2v) is 4.24. The summed E-state index contributed by atoms with van der Waals surface area (Å²) in [6.45, 7) is 0. The van der Waals surface area contributed by atoms with Crippen LogP contribution >= 0.6 is 0 Å². The van der Waals surface area contributed by atoms with Gasteiger partial charge < -0.3 is 4.90 Å². The van der Waals surface area contributed by atoms with Crippen molar-refractivity contribution in [3.63, 3.8) is 0 Å². The quantitative estimate of drug-likeness (QED) is 0.617. The van der Waals surface area contributed by atoms with Crippen molar-refractivity contribution in [2.75, 3.05) is 11.9 Å². The minimum Gasteiger partial charge on any atom is -0.315 e. The highest BCUT2D eigenvalue weighted by Gasteiger charge is 2.34. The summed E-state index contributed by atoms with van der Waals surface area (Å²) in [5.74, 6) is -1.87. The summed E-state index contributed by atoms with van der Waals surface area (Å²) in [4.78, 5) is 36.2. The summed E-state index contributed by atoms with van der Waals surface area (Å²) in [5, 5.41) is 2.19. The predicted molar refractivity (Wildman–Crippen MR) is 65.7 cm³/mol. The Labute approximate surface area is 105 Å². The number of carbonyl (C=O) groups is 3. The van der Waals surface area contributed by atoms with Gasteiger partial charge in [-0.1, -0.05) is 18.2 Å². The first kappa shape index (κ1) is 12.3. The van der Waals surface area contributed by atoms with E-state index in [1.807, 2.05) is 18.2 Å². The molecule has 1 fully saturated rings. The maximum absolute atomic E-state index is 12.2. The molecule has 2 rings (SSSR count). The molecule has 1 aliphatic heterocycles. The van der Waals surface area contributed by atoms with E-state index in [4.69, 9.17) is 0 Å². The summed E-state index contributed by atoms with van der Waals surface area (Å²) in [6, 6.07) is 9.09. The van der Waals surface area contributed by atoms with Gasteiger partial charge in [-0.25, -0.2) is 0 Å². The zero-order chi connectivity index (χ0) is 13.1. The van der Waals surface area contributed by atoms with Crippen LogP contribution in [0.1, 0.15) is 12.8 Å². The molecule has 1 heterocycles. The van der Waals surface area contributed by atoms with E-state index in [0.717, 1.165) is 5.69 Å². The van der Waals surface area contributed by atoms with E-state index in [2.05, 4.69) is 5.32 Å². The maximum atomic E-state index is 12.2. The van der Waals surface area contributed by atoms with Gasteiger partial charge in [0.15, 0.2) is 0 Å². The molecule has 3 amide bonds. The molecule has 1 unspecified atom stereocenters. The van der Waals surface area contributed by atoms with Gasteiger partial charge in [-0.15, -0.1) is 0 Å². The SMILES string of the molecule is CN(C(=O)C1CCC(=O)NC1=O)c1ccccc1. The average molecular weight is 246 g/mol. The normalized spacial score (nSPS) is 19.3. The van der Waals surface area contributed by atoms with Crippen molar-refractivity contribution in [1.29, 1.82) is 0 Å². The number of para-hydroxylation sites is 1. The van der Waals surface area contributed by atoms with E-state index >= 15 is 0 Å². The topological polar surface area (TPSA) is 66.5 Å². The van der Waals surface area contributed by atoms with E-state index in [1.165, 1.54) is 4.90 Å². The maximum Gasteiger partial charge on any atom is 0.239 e. The van der Waals surface area contributed by atoms with Gasteiger partial charge in [-0.2, -0.15) is 0 Å². The summed E-state index contributed by atoms with van der Waals surface area (Å²) in [6.07, 6.45) is 0.492. The standard InChI is InChI=1S/C13H14N2O3/c1-15(9-5-3-2-4-6-9)13(18)10-7-8-11(16)14-12(10)17/h2-6,10H,7-8H2,1H3,(H,14,16,17). The van der Waals surface area contributed by atoms with Crippen molar-refractivity contribution in [3.8, 4) is 0 Å². The van der Waals surface area contributed by atoms with Crippen molar-refractivity contribution in [1.82, 2.24) is 5.32 Å². The van der Waals surface area contributed by atoms with Crippen LogP contribution in [0.4, 0.5) is 5.69 Å². The van der Waals surface area contributed by atoms with Crippen LogP contribution in [-0.4, -0.2) is 24.8 Å². The Hall–Kier alpha value is -2.17. The number of nitrogens with one attached hydrogen (secondary N) is 1. The molecule has 1 aromatic carbocycles. The molecular weight excluding hydrogens is 232 g/mol. The van der Waals surface area contributed by atoms with Crippen LogP contribution in [-0.2, 0) is 14.4 Å². The number of hydrogen-bond donors (Lipinski definition) is 1. The first-order chi connectivity index (χ1) is 8.59. The Morgan fingerprint density at radius 1 is 1.28 bits per heavy atom. The van der Waals surface area contributed by atoms with Crippen LogP contribution in [0.3, 0.4) is 0 Å². The van der Waals surface area contributed by atoms with Gasteiger partial charge in [0.2, 0.25) is 17.7 Å². The van der Waals surface area contributed by atoms with Crippen molar-refractivity contribution in [3.05, 3.63) is 30.3 Å². The third-order valence-corrected chi connectivity index (χ3v) is 3.01. The molecule has 0 bridgehead atoms. The number of nitrogens with zero attached hydrogens (tertiary/aromatic N) is 1. The third kappa shape index (κ3) is 2.40. The fraction of sp³-hybridized carbons (Fsp3) is 0.308. The molecule has 94 valence electrons. The zero-order valence-electron chi connectivity index (χ0n) is 10.1. The lowest BCUT2D eigenvalue weighted by atomic mass is 9.96. The third-order valence-electron chi connectivity index (χ3n) is 3.01. The second-order valence-electron chi connectivity index (χ2n) is 4.24. The van der Waals surface area contributed by atoms with Gasteiger partial charge in [0.25, 0.3) is 0 Å². The monoisotopic (exact) mass is 246 g/mol. The number of imide groups is 1. The number of amides is 3. The molecule has 0 radical (unpaired) electrons. The van der Waals surface area contributed by atoms with Crippen LogP contribution in [0, 0.1) is 5.92 Å². The van der Waals surface area contributed by atoms with Gasteiger partial charge in [0.1, 0.15) is 5.92 Å². The molecule has 1 saturated heterocycles. The molecule has 18 heavy (non-hydrogen) atoms. The Morgan fingerprint density at radius 3 is 2.56 bits per heavy atom. The first-order valence-corrected chi connectivity index (χ1v) is 5.76. The number of piperidine rings is 1. The average Bonchev–Trinajstić information content (AvgIpc) is 2.38. The van der Waals surface area contributed by atoms with Crippen LogP contribution in [0.25, 0.3) is 0 Å². The van der Waals surface area contributed by atoms with Gasteiger partial charge in [0, 0.05) is 19.2 Å². The lowest BCUT2D eigenvalue weighted by Gasteiger charge is -2.25. The molecule has 1 N–H and O–H groups in total. The molecule has 1 aromatic rings. The summed E-state index contributed by atoms with van der Waals surface area (Å²) in [5.41, 5.74) is 0.729. The Bertz CT molecular complexity index is 484. The van der Waals surface area contributed by atoms with Crippen LogP contribution in [0.15, 0.2) is 30.3 Å². The van der Waals surface area contributed by atoms with E-state index in [1.54, 1.807) is 19.2 Å². The van der Waals surface area contributed by atoms with Gasteiger partial charge in [-0.05, 0) is 18.6 Å². The van der Waals surface area contributed by atoms with Crippen LogP contribution < -0.4 is 10.2 Å². The number of benzene rings is 1. The smallest absolute Gasteiger partial charge is 0.239 e. The summed E-state index contributed by atoms with van der Waals surface area (Å²) >= 11 is 0. The van der Waals surface area contributed by atoms with E-state index in [0.29, 0.717) is 0 Å². The molecule has 0 spiro atoms. The lowest BCUT2D eigenvalue weighted by Crippen LogP contribution is -2.48. The van der Waals surface area contributed by atoms with Crippen molar-refractivity contribution < 1.29 is 14.4 Å². The number of anilines is 1.